The first-order valence-corrected chi connectivity index (χ1v) is 9.93. The van der Waals surface area contributed by atoms with Gasteiger partial charge < -0.3 is 0 Å². The molecular formula is C19H11BrClN3O2S. The molecule has 4 aromatic rings. The summed E-state index contributed by atoms with van der Waals surface area (Å²) in [5.41, 5.74) is 1.07. The summed E-state index contributed by atoms with van der Waals surface area (Å²) in [6.45, 7) is 0. The van der Waals surface area contributed by atoms with Gasteiger partial charge in [-0.05, 0) is 35.4 Å². The number of nitrogens with zero attached hydrogens (tertiary/aromatic N) is 3. The molecule has 0 saturated heterocycles. The van der Waals surface area contributed by atoms with Crippen LogP contribution in [0.25, 0.3) is 11.0 Å². The van der Waals surface area contributed by atoms with Crippen LogP contribution in [0.15, 0.2) is 62.6 Å². The van der Waals surface area contributed by atoms with Crippen LogP contribution < -0.4 is 15.7 Å². The van der Waals surface area contributed by atoms with E-state index in [1.807, 2.05) is 42.5 Å². The molecule has 0 saturated carbocycles. The lowest BCUT2D eigenvalue weighted by Crippen LogP contribution is -2.28. The van der Waals surface area contributed by atoms with Gasteiger partial charge in [0, 0.05) is 15.9 Å². The number of benzene rings is 2. The van der Waals surface area contributed by atoms with E-state index in [0.29, 0.717) is 9.55 Å². The SMILES string of the molecule is O=c1nc2s/c(=C/c3ccc(Br)cc3)c(=O)n2nc1Cc1ccccc1Cl. The van der Waals surface area contributed by atoms with E-state index in [1.165, 1.54) is 4.52 Å². The van der Waals surface area contributed by atoms with Crippen LogP contribution in [0.2, 0.25) is 5.02 Å². The van der Waals surface area contributed by atoms with Crippen LogP contribution in [0.4, 0.5) is 0 Å². The molecule has 0 N–H and O–H groups in total. The molecule has 134 valence electrons. The minimum Gasteiger partial charge on any atom is -0.266 e. The van der Waals surface area contributed by atoms with Gasteiger partial charge in [0.15, 0.2) is 0 Å². The second kappa shape index (κ2) is 7.34. The summed E-state index contributed by atoms with van der Waals surface area (Å²) < 4.78 is 2.60. The summed E-state index contributed by atoms with van der Waals surface area (Å²) >= 11 is 10.7. The van der Waals surface area contributed by atoms with Gasteiger partial charge in [-0.3, -0.25) is 9.59 Å². The van der Waals surface area contributed by atoms with E-state index in [1.54, 1.807) is 12.1 Å². The first-order chi connectivity index (χ1) is 13.0. The van der Waals surface area contributed by atoms with Gasteiger partial charge in [0.05, 0.1) is 4.53 Å². The third-order valence-corrected chi connectivity index (χ3v) is 5.79. The van der Waals surface area contributed by atoms with Crippen LogP contribution in [0.5, 0.6) is 0 Å². The van der Waals surface area contributed by atoms with Gasteiger partial charge in [-0.15, -0.1) is 0 Å². The molecule has 0 radical (unpaired) electrons. The zero-order valence-electron chi connectivity index (χ0n) is 13.7. The number of halogens is 2. The second-order valence-electron chi connectivity index (χ2n) is 5.79. The highest BCUT2D eigenvalue weighted by Crippen LogP contribution is 2.17. The predicted octanol–water partition coefficient (Wildman–Crippen LogP) is 3.07. The van der Waals surface area contributed by atoms with E-state index in [2.05, 4.69) is 26.0 Å². The van der Waals surface area contributed by atoms with E-state index in [-0.39, 0.29) is 22.6 Å². The molecule has 0 aliphatic rings. The predicted molar refractivity (Wildman–Crippen MR) is 111 cm³/mol. The van der Waals surface area contributed by atoms with E-state index in [0.717, 1.165) is 26.9 Å². The van der Waals surface area contributed by atoms with Gasteiger partial charge in [-0.2, -0.15) is 14.6 Å². The van der Waals surface area contributed by atoms with Crippen molar-refractivity contribution in [2.24, 2.45) is 0 Å². The molecule has 0 amide bonds. The van der Waals surface area contributed by atoms with Crippen molar-refractivity contribution in [2.45, 2.75) is 6.42 Å². The average Bonchev–Trinajstić information content (AvgIpc) is 2.94. The highest BCUT2D eigenvalue weighted by atomic mass is 79.9. The summed E-state index contributed by atoms with van der Waals surface area (Å²) in [6, 6.07) is 14.8. The molecule has 4 rings (SSSR count). The van der Waals surface area contributed by atoms with Gasteiger partial charge in [-0.1, -0.05) is 69.2 Å². The molecular weight excluding hydrogens is 450 g/mol. The molecule has 0 fully saturated rings. The summed E-state index contributed by atoms with van der Waals surface area (Å²) in [5, 5.41) is 4.78. The maximum absolute atomic E-state index is 12.7. The third-order valence-electron chi connectivity index (χ3n) is 3.93. The Kier molecular flexibility index (Phi) is 4.90. The maximum atomic E-state index is 12.7. The van der Waals surface area contributed by atoms with Gasteiger partial charge in [-0.25, -0.2) is 0 Å². The highest BCUT2D eigenvalue weighted by molar-refractivity contribution is 9.10. The fraction of sp³-hybridized carbons (Fsp3) is 0.0526. The minimum absolute atomic E-state index is 0.186. The molecule has 0 atom stereocenters. The molecule has 27 heavy (non-hydrogen) atoms. The van der Waals surface area contributed by atoms with Crippen LogP contribution in [0.1, 0.15) is 16.8 Å². The number of hydrogen-bond donors (Lipinski definition) is 0. The molecule has 2 heterocycles. The van der Waals surface area contributed by atoms with Gasteiger partial charge in [0.25, 0.3) is 11.1 Å². The monoisotopic (exact) mass is 459 g/mol. The zero-order chi connectivity index (χ0) is 19.0. The fourth-order valence-corrected chi connectivity index (χ4v) is 3.96. The molecule has 0 unspecified atom stereocenters. The number of aromatic nitrogens is 3. The summed E-state index contributed by atoms with van der Waals surface area (Å²) in [7, 11) is 0. The van der Waals surface area contributed by atoms with Crippen LogP contribution >= 0.6 is 38.9 Å². The van der Waals surface area contributed by atoms with Gasteiger partial charge in [0.1, 0.15) is 5.69 Å². The molecule has 5 nitrogen and oxygen atoms in total. The second-order valence-corrected chi connectivity index (χ2v) is 8.13. The first-order valence-electron chi connectivity index (χ1n) is 7.95. The number of fused-ring (bicyclic) bond motifs is 1. The first kappa shape index (κ1) is 18.0. The van der Waals surface area contributed by atoms with E-state index >= 15 is 0 Å². The summed E-state index contributed by atoms with van der Waals surface area (Å²) in [4.78, 5) is 29.3. The molecule has 0 spiro atoms. The van der Waals surface area contributed by atoms with Crippen molar-refractivity contribution in [2.75, 3.05) is 0 Å². The van der Waals surface area contributed by atoms with Crippen molar-refractivity contribution in [3.05, 3.63) is 100 Å². The average molecular weight is 461 g/mol. The lowest BCUT2D eigenvalue weighted by Gasteiger charge is -2.02. The summed E-state index contributed by atoms with van der Waals surface area (Å²) in [5.74, 6) is 0. The minimum atomic E-state index is -0.452. The molecule has 2 aromatic carbocycles. The van der Waals surface area contributed by atoms with Crippen LogP contribution in [-0.2, 0) is 6.42 Å². The zero-order valence-corrected chi connectivity index (χ0v) is 16.9. The number of thiazole rings is 1. The Morgan fingerprint density at radius 2 is 1.85 bits per heavy atom. The van der Waals surface area contributed by atoms with Crippen molar-refractivity contribution >= 4 is 49.9 Å². The van der Waals surface area contributed by atoms with Gasteiger partial charge >= 0.3 is 0 Å². The van der Waals surface area contributed by atoms with Crippen molar-refractivity contribution in [3.63, 3.8) is 0 Å². The van der Waals surface area contributed by atoms with E-state index in [4.69, 9.17) is 11.6 Å². The van der Waals surface area contributed by atoms with Crippen LogP contribution in [0.3, 0.4) is 0 Å². The normalized spacial score (nSPS) is 12.0. The topological polar surface area (TPSA) is 64.3 Å². The Morgan fingerprint density at radius 1 is 1.11 bits per heavy atom. The van der Waals surface area contributed by atoms with Gasteiger partial charge in [0.2, 0.25) is 4.96 Å². The smallest absolute Gasteiger partial charge is 0.266 e. The van der Waals surface area contributed by atoms with Crippen molar-refractivity contribution < 1.29 is 0 Å². The molecule has 8 heteroatoms. The molecule has 2 aromatic heterocycles. The molecule has 0 aliphatic carbocycles. The van der Waals surface area contributed by atoms with E-state index < -0.39 is 5.56 Å². The lowest BCUT2D eigenvalue weighted by atomic mass is 10.1. The Hall–Kier alpha value is -2.35. The number of hydrogen-bond acceptors (Lipinski definition) is 5. The third kappa shape index (κ3) is 3.71. The standard InChI is InChI=1S/C19H11BrClN3O2S/c20-13-7-5-11(6-8-13)9-16-18(26)24-19(27-16)22-17(25)15(23-24)10-12-3-1-2-4-14(12)21/h1-9H,10H2/b16-9+. The quantitative estimate of drug-likeness (QED) is 0.471. The Bertz CT molecular complexity index is 1320. The fourth-order valence-electron chi connectivity index (χ4n) is 2.58. The lowest BCUT2D eigenvalue weighted by molar-refractivity contribution is 0.811. The Balaban J connectivity index is 1.82. The summed E-state index contributed by atoms with van der Waals surface area (Å²) in [6.07, 6.45) is 1.98. The van der Waals surface area contributed by atoms with Crippen molar-refractivity contribution in [1.82, 2.24) is 14.6 Å². The molecule has 0 aliphatic heterocycles. The van der Waals surface area contributed by atoms with Crippen molar-refractivity contribution in [3.8, 4) is 0 Å². The van der Waals surface area contributed by atoms with Crippen LogP contribution in [-0.4, -0.2) is 14.6 Å². The maximum Gasteiger partial charge on any atom is 0.296 e. The largest absolute Gasteiger partial charge is 0.296 e. The van der Waals surface area contributed by atoms with E-state index in [9.17, 15) is 9.59 Å². The van der Waals surface area contributed by atoms with Crippen LogP contribution in [0, 0.1) is 0 Å². The molecule has 0 bridgehead atoms. The number of rotatable bonds is 3. The Morgan fingerprint density at radius 3 is 2.59 bits per heavy atom. The Labute approximate surface area is 170 Å². The highest BCUT2D eigenvalue weighted by Gasteiger charge is 2.12. The van der Waals surface area contributed by atoms with Crippen molar-refractivity contribution in [1.29, 1.82) is 0 Å².